The second-order valence-corrected chi connectivity index (χ2v) is 6.20. The topological polar surface area (TPSA) is 84.5 Å². The van der Waals surface area contributed by atoms with Crippen LogP contribution in [0.2, 0.25) is 0 Å². The number of nitrogens with zero attached hydrogens (tertiary/aromatic N) is 3. The van der Waals surface area contributed by atoms with Crippen molar-refractivity contribution in [2.75, 3.05) is 13.6 Å². The van der Waals surface area contributed by atoms with E-state index in [0.29, 0.717) is 12.5 Å². The molecule has 7 heteroatoms. The number of benzene rings is 2. The van der Waals surface area contributed by atoms with Gasteiger partial charge in [0, 0.05) is 50.5 Å². The van der Waals surface area contributed by atoms with Gasteiger partial charge in [0.15, 0.2) is 5.96 Å². The molecule has 7 nitrogen and oxygen atoms in total. The number of non-ortho nitro benzene ring substituents is 1. The Labute approximate surface area is 157 Å². The van der Waals surface area contributed by atoms with Crippen LogP contribution in [0.3, 0.4) is 0 Å². The molecule has 1 aromatic heterocycles. The molecule has 3 aromatic rings. The first-order valence-corrected chi connectivity index (χ1v) is 8.89. The minimum absolute atomic E-state index is 0.0961. The van der Waals surface area contributed by atoms with Gasteiger partial charge < -0.3 is 15.2 Å². The summed E-state index contributed by atoms with van der Waals surface area (Å²) in [6, 6.07) is 17.0. The van der Waals surface area contributed by atoms with Gasteiger partial charge in [0.1, 0.15) is 0 Å². The molecule has 0 aliphatic rings. The van der Waals surface area contributed by atoms with Crippen LogP contribution in [-0.4, -0.2) is 29.0 Å². The molecule has 0 fully saturated rings. The van der Waals surface area contributed by atoms with Crippen LogP contribution in [-0.2, 0) is 13.1 Å². The molecule has 3 rings (SSSR count). The van der Waals surface area contributed by atoms with Gasteiger partial charge in [-0.15, -0.1) is 0 Å². The number of rotatable bonds is 7. The van der Waals surface area contributed by atoms with Crippen LogP contribution in [0.25, 0.3) is 10.9 Å². The summed E-state index contributed by atoms with van der Waals surface area (Å²) in [5, 5.41) is 18.5. The molecule has 0 atom stereocenters. The minimum Gasteiger partial charge on any atom is -0.356 e. The third-order valence-electron chi connectivity index (χ3n) is 4.38. The van der Waals surface area contributed by atoms with Gasteiger partial charge in [-0.2, -0.15) is 0 Å². The van der Waals surface area contributed by atoms with Crippen molar-refractivity contribution in [3.63, 3.8) is 0 Å². The maximum Gasteiger partial charge on any atom is 0.269 e. The third-order valence-corrected chi connectivity index (χ3v) is 4.38. The quantitative estimate of drug-likeness (QED) is 0.221. The Hall–Kier alpha value is -3.35. The van der Waals surface area contributed by atoms with Crippen LogP contribution < -0.4 is 10.6 Å². The fourth-order valence-corrected chi connectivity index (χ4v) is 2.93. The monoisotopic (exact) mass is 365 g/mol. The summed E-state index contributed by atoms with van der Waals surface area (Å²) in [5.74, 6) is 0.714. The molecule has 2 N–H and O–H groups in total. The highest BCUT2D eigenvalue weighted by Crippen LogP contribution is 2.15. The number of nitro benzene ring substituents is 1. The summed E-state index contributed by atoms with van der Waals surface area (Å²) < 4.78 is 2.25. The van der Waals surface area contributed by atoms with Gasteiger partial charge in [-0.1, -0.05) is 30.3 Å². The molecule has 27 heavy (non-hydrogen) atoms. The van der Waals surface area contributed by atoms with Crippen molar-refractivity contribution in [1.82, 2.24) is 15.2 Å². The second-order valence-electron chi connectivity index (χ2n) is 6.20. The number of fused-ring (bicyclic) bond motifs is 1. The summed E-state index contributed by atoms with van der Waals surface area (Å²) in [6.45, 7) is 2.28. The summed E-state index contributed by atoms with van der Waals surface area (Å²) in [7, 11) is 1.73. The van der Waals surface area contributed by atoms with Crippen LogP contribution in [0.15, 0.2) is 65.8 Å². The molecule has 140 valence electrons. The van der Waals surface area contributed by atoms with Crippen LogP contribution >= 0.6 is 0 Å². The molecule has 2 aromatic carbocycles. The molecule has 0 radical (unpaired) electrons. The maximum absolute atomic E-state index is 10.7. The van der Waals surface area contributed by atoms with E-state index in [1.165, 1.54) is 23.0 Å². The molecular formula is C20H23N5O2. The smallest absolute Gasteiger partial charge is 0.269 e. The third kappa shape index (κ3) is 4.84. The SMILES string of the molecule is CN=C(NCCCn1ccc2ccccc21)NCc1ccc([N+](=O)[O-])cc1. The van der Waals surface area contributed by atoms with Crippen molar-refractivity contribution in [3.05, 3.63) is 76.5 Å². The van der Waals surface area contributed by atoms with Gasteiger partial charge in [-0.3, -0.25) is 15.1 Å². The Bertz CT molecular complexity index is 931. The van der Waals surface area contributed by atoms with E-state index < -0.39 is 4.92 Å². The van der Waals surface area contributed by atoms with Crippen LogP contribution in [0, 0.1) is 10.1 Å². The van der Waals surface area contributed by atoms with Gasteiger partial charge in [-0.25, -0.2) is 0 Å². The lowest BCUT2D eigenvalue weighted by Crippen LogP contribution is -2.37. The zero-order chi connectivity index (χ0) is 19.1. The molecule has 1 heterocycles. The molecule has 0 amide bonds. The molecule has 0 aliphatic carbocycles. The van der Waals surface area contributed by atoms with E-state index in [1.54, 1.807) is 19.2 Å². The van der Waals surface area contributed by atoms with E-state index in [1.807, 2.05) is 0 Å². The largest absolute Gasteiger partial charge is 0.356 e. The van der Waals surface area contributed by atoms with Crippen molar-refractivity contribution in [2.24, 2.45) is 4.99 Å². The highest BCUT2D eigenvalue weighted by Gasteiger charge is 2.05. The predicted molar refractivity (Wildman–Crippen MR) is 108 cm³/mol. The van der Waals surface area contributed by atoms with E-state index in [-0.39, 0.29) is 5.69 Å². The highest BCUT2D eigenvalue weighted by molar-refractivity contribution is 5.80. The summed E-state index contributed by atoms with van der Waals surface area (Å²) in [4.78, 5) is 14.5. The second kappa shape index (κ2) is 8.84. The standard InChI is InChI=1S/C20H23N5O2/c1-21-20(23-15-16-7-9-18(10-8-16)25(26)27)22-12-4-13-24-14-11-17-5-2-3-6-19(17)24/h2-3,5-11,14H,4,12-13,15H2,1H3,(H2,21,22,23). The van der Waals surface area contributed by atoms with Gasteiger partial charge in [0.2, 0.25) is 0 Å². The normalized spacial score (nSPS) is 11.5. The van der Waals surface area contributed by atoms with Crippen molar-refractivity contribution in [1.29, 1.82) is 0 Å². The maximum atomic E-state index is 10.7. The fraction of sp³-hybridized carbons (Fsp3) is 0.250. The van der Waals surface area contributed by atoms with Gasteiger partial charge >= 0.3 is 0 Å². The summed E-state index contributed by atoms with van der Waals surface area (Å²) >= 11 is 0. The fourth-order valence-electron chi connectivity index (χ4n) is 2.93. The number of aromatic nitrogens is 1. The lowest BCUT2D eigenvalue weighted by molar-refractivity contribution is -0.384. The van der Waals surface area contributed by atoms with E-state index >= 15 is 0 Å². The summed E-state index contributed by atoms with van der Waals surface area (Å²) in [5.41, 5.74) is 2.30. The molecule has 0 spiro atoms. The van der Waals surface area contributed by atoms with Gasteiger partial charge in [0.25, 0.3) is 5.69 Å². The number of aliphatic imine (C=N–C) groups is 1. The van der Waals surface area contributed by atoms with Crippen molar-refractivity contribution in [2.45, 2.75) is 19.5 Å². The number of guanidine groups is 1. The Morgan fingerprint density at radius 1 is 1.11 bits per heavy atom. The Kier molecular flexibility index (Phi) is 6.04. The van der Waals surface area contributed by atoms with Crippen LogP contribution in [0.1, 0.15) is 12.0 Å². The Morgan fingerprint density at radius 2 is 1.89 bits per heavy atom. The molecule has 0 aliphatic heterocycles. The first-order chi connectivity index (χ1) is 13.2. The van der Waals surface area contributed by atoms with Crippen LogP contribution in [0.4, 0.5) is 5.69 Å². The number of nitrogens with one attached hydrogen (secondary N) is 2. The lowest BCUT2D eigenvalue weighted by atomic mass is 10.2. The highest BCUT2D eigenvalue weighted by atomic mass is 16.6. The average Bonchev–Trinajstić information content (AvgIpc) is 3.11. The molecule has 0 unspecified atom stereocenters. The molecule has 0 saturated carbocycles. The zero-order valence-corrected chi connectivity index (χ0v) is 15.3. The minimum atomic E-state index is -0.397. The zero-order valence-electron chi connectivity index (χ0n) is 15.3. The van der Waals surface area contributed by atoms with Crippen molar-refractivity contribution < 1.29 is 4.92 Å². The van der Waals surface area contributed by atoms with E-state index in [4.69, 9.17) is 0 Å². The molecule has 0 saturated heterocycles. The number of hydrogen-bond donors (Lipinski definition) is 2. The lowest BCUT2D eigenvalue weighted by Gasteiger charge is -2.12. The number of hydrogen-bond acceptors (Lipinski definition) is 3. The molecule has 0 bridgehead atoms. The van der Waals surface area contributed by atoms with Gasteiger partial charge in [-0.05, 0) is 29.5 Å². The van der Waals surface area contributed by atoms with Crippen molar-refractivity contribution in [3.8, 4) is 0 Å². The average molecular weight is 365 g/mol. The van der Waals surface area contributed by atoms with E-state index in [2.05, 4.69) is 56.7 Å². The first-order valence-electron chi connectivity index (χ1n) is 8.89. The number of para-hydroxylation sites is 1. The Balaban J connectivity index is 1.43. The number of nitro groups is 1. The van der Waals surface area contributed by atoms with Gasteiger partial charge in [0.05, 0.1) is 4.92 Å². The summed E-state index contributed by atoms with van der Waals surface area (Å²) in [6.07, 6.45) is 3.09. The van der Waals surface area contributed by atoms with Crippen LogP contribution in [0.5, 0.6) is 0 Å². The Morgan fingerprint density at radius 3 is 2.63 bits per heavy atom. The van der Waals surface area contributed by atoms with E-state index in [9.17, 15) is 10.1 Å². The first kappa shape index (κ1) is 18.4. The molecular weight excluding hydrogens is 342 g/mol. The van der Waals surface area contributed by atoms with E-state index in [0.717, 1.165) is 25.1 Å². The number of aryl methyl sites for hydroxylation is 1. The predicted octanol–water partition coefficient (Wildman–Crippen LogP) is 3.30. The van der Waals surface area contributed by atoms with Crippen molar-refractivity contribution >= 4 is 22.5 Å².